The highest BCUT2D eigenvalue weighted by atomic mass is 32.1. The fraction of sp³-hybridized carbons (Fsp3) is 0.750. The first-order valence-corrected chi connectivity index (χ1v) is 6.62. The number of methoxy groups -OCH3 is 1. The predicted octanol–water partition coefficient (Wildman–Crippen LogP) is 2.25. The number of aromatic nitrogens is 1. The van der Waals surface area contributed by atoms with E-state index in [0.29, 0.717) is 12.0 Å². The summed E-state index contributed by atoms with van der Waals surface area (Å²) in [5.41, 5.74) is 1.12. The summed E-state index contributed by atoms with van der Waals surface area (Å²) in [6, 6.07) is 0.487. The molecule has 0 radical (unpaired) electrons. The number of nitrogens with one attached hydrogen (secondary N) is 1. The number of hydrogen-bond donors (Lipinski definition) is 1. The van der Waals surface area contributed by atoms with E-state index in [-0.39, 0.29) is 0 Å². The third-order valence-electron chi connectivity index (χ3n) is 2.90. The molecule has 1 heterocycles. The van der Waals surface area contributed by atoms with Crippen molar-refractivity contribution in [3.8, 4) is 0 Å². The van der Waals surface area contributed by atoms with E-state index >= 15 is 0 Å². The summed E-state index contributed by atoms with van der Waals surface area (Å²) < 4.78 is 5.12. The van der Waals surface area contributed by atoms with Crippen molar-refractivity contribution >= 4 is 11.3 Å². The van der Waals surface area contributed by atoms with Crippen LogP contribution in [0.2, 0.25) is 0 Å². The van der Waals surface area contributed by atoms with Crippen LogP contribution >= 0.6 is 11.3 Å². The van der Waals surface area contributed by atoms with Crippen LogP contribution in [-0.4, -0.2) is 31.8 Å². The standard InChI is InChI=1S/C12H22N2OS/c1-9(5-6-15-4)11(13-3)7-12-14-10(2)8-16-12/h8-9,11,13H,5-7H2,1-4H3. The SMILES string of the molecule is CNC(Cc1nc(C)cs1)C(C)CCOC. The van der Waals surface area contributed by atoms with E-state index in [1.54, 1.807) is 18.4 Å². The van der Waals surface area contributed by atoms with E-state index in [9.17, 15) is 0 Å². The Morgan fingerprint density at radius 1 is 1.56 bits per heavy atom. The Hall–Kier alpha value is -0.450. The average Bonchev–Trinajstić information content (AvgIpc) is 2.68. The molecule has 0 spiro atoms. The van der Waals surface area contributed by atoms with Gasteiger partial charge in [-0.1, -0.05) is 6.92 Å². The van der Waals surface area contributed by atoms with E-state index < -0.39 is 0 Å². The highest BCUT2D eigenvalue weighted by molar-refractivity contribution is 7.09. The molecule has 1 rings (SSSR count). The monoisotopic (exact) mass is 242 g/mol. The number of rotatable bonds is 7. The summed E-state index contributed by atoms with van der Waals surface area (Å²) in [4.78, 5) is 4.51. The zero-order valence-electron chi connectivity index (χ0n) is 10.6. The molecular formula is C12H22N2OS. The molecule has 1 aromatic rings. The second kappa shape index (κ2) is 6.99. The molecular weight excluding hydrogens is 220 g/mol. The van der Waals surface area contributed by atoms with E-state index in [2.05, 4.69) is 22.6 Å². The third-order valence-corrected chi connectivity index (χ3v) is 3.89. The van der Waals surface area contributed by atoms with Crippen LogP contribution in [0.15, 0.2) is 5.38 Å². The number of nitrogens with zero attached hydrogens (tertiary/aromatic N) is 1. The molecule has 0 saturated carbocycles. The van der Waals surface area contributed by atoms with Gasteiger partial charge in [-0.3, -0.25) is 0 Å². The van der Waals surface area contributed by atoms with Gasteiger partial charge < -0.3 is 10.1 Å². The van der Waals surface area contributed by atoms with Crippen molar-refractivity contribution in [3.63, 3.8) is 0 Å². The van der Waals surface area contributed by atoms with Gasteiger partial charge in [0.15, 0.2) is 0 Å². The molecule has 2 unspecified atom stereocenters. The molecule has 2 atom stereocenters. The second-order valence-electron chi connectivity index (χ2n) is 4.24. The first kappa shape index (κ1) is 13.6. The summed E-state index contributed by atoms with van der Waals surface area (Å²) in [5.74, 6) is 0.606. The maximum Gasteiger partial charge on any atom is 0.0943 e. The molecule has 1 N–H and O–H groups in total. The van der Waals surface area contributed by atoms with Gasteiger partial charge in [0.05, 0.1) is 5.01 Å². The summed E-state index contributed by atoms with van der Waals surface area (Å²) in [5, 5.41) is 6.72. The van der Waals surface area contributed by atoms with E-state index in [4.69, 9.17) is 4.74 Å². The molecule has 0 saturated heterocycles. The second-order valence-corrected chi connectivity index (χ2v) is 5.18. The van der Waals surface area contributed by atoms with Crippen molar-refractivity contribution in [1.82, 2.24) is 10.3 Å². The normalized spacial score (nSPS) is 15.0. The van der Waals surface area contributed by atoms with Gasteiger partial charge in [0.2, 0.25) is 0 Å². The maximum absolute atomic E-state index is 5.12. The Bertz CT molecular complexity index is 301. The minimum atomic E-state index is 0.487. The van der Waals surface area contributed by atoms with Crippen molar-refractivity contribution in [2.75, 3.05) is 20.8 Å². The Morgan fingerprint density at radius 3 is 2.81 bits per heavy atom. The number of aryl methyl sites for hydroxylation is 1. The van der Waals surface area contributed by atoms with Crippen molar-refractivity contribution in [2.24, 2.45) is 5.92 Å². The number of ether oxygens (including phenoxy) is 1. The third kappa shape index (κ3) is 4.20. The van der Waals surface area contributed by atoms with Crippen molar-refractivity contribution < 1.29 is 4.74 Å². The molecule has 1 aromatic heterocycles. The highest BCUT2D eigenvalue weighted by Gasteiger charge is 2.17. The summed E-state index contributed by atoms with van der Waals surface area (Å²) in [6.45, 7) is 5.14. The zero-order chi connectivity index (χ0) is 12.0. The average molecular weight is 242 g/mol. The van der Waals surface area contributed by atoms with Gasteiger partial charge in [-0.2, -0.15) is 0 Å². The molecule has 92 valence electrons. The molecule has 0 amide bonds. The lowest BCUT2D eigenvalue weighted by molar-refractivity contribution is 0.171. The molecule has 0 aliphatic rings. The lowest BCUT2D eigenvalue weighted by Gasteiger charge is -2.22. The molecule has 0 aliphatic heterocycles. The fourth-order valence-corrected chi connectivity index (χ4v) is 2.61. The summed E-state index contributed by atoms with van der Waals surface area (Å²) in [6.07, 6.45) is 2.10. The van der Waals surface area contributed by atoms with Crippen LogP contribution in [-0.2, 0) is 11.2 Å². The smallest absolute Gasteiger partial charge is 0.0943 e. The molecule has 0 aliphatic carbocycles. The molecule has 0 fully saturated rings. The van der Waals surface area contributed by atoms with Crippen molar-refractivity contribution in [2.45, 2.75) is 32.7 Å². The van der Waals surface area contributed by atoms with Crippen LogP contribution < -0.4 is 5.32 Å². The lowest BCUT2D eigenvalue weighted by atomic mass is 9.96. The van der Waals surface area contributed by atoms with Crippen LogP contribution in [0.4, 0.5) is 0 Å². The van der Waals surface area contributed by atoms with Crippen LogP contribution in [0.25, 0.3) is 0 Å². The molecule has 0 aromatic carbocycles. The van der Waals surface area contributed by atoms with Gasteiger partial charge in [0, 0.05) is 37.3 Å². The van der Waals surface area contributed by atoms with Crippen LogP contribution in [0.3, 0.4) is 0 Å². The molecule has 0 bridgehead atoms. The molecule has 3 nitrogen and oxygen atoms in total. The lowest BCUT2D eigenvalue weighted by Crippen LogP contribution is -2.34. The van der Waals surface area contributed by atoms with Crippen LogP contribution in [0, 0.1) is 12.8 Å². The molecule has 4 heteroatoms. The quantitative estimate of drug-likeness (QED) is 0.796. The Morgan fingerprint density at radius 2 is 2.31 bits per heavy atom. The van der Waals surface area contributed by atoms with Crippen molar-refractivity contribution in [3.05, 3.63) is 16.1 Å². The minimum absolute atomic E-state index is 0.487. The number of hydrogen-bond acceptors (Lipinski definition) is 4. The number of likely N-dealkylation sites (N-methyl/N-ethyl adjacent to an activating group) is 1. The Kier molecular flexibility index (Phi) is 5.95. The van der Waals surface area contributed by atoms with E-state index in [1.807, 2.05) is 14.0 Å². The first-order chi connectivity index (χ1) is 7.67. The van der Waals surface area contributed by atoms with Gasteiger partial charge in [0.25, 0.3) is 0 Å². The predicted molar refractivity (Wildman–Crippen MR) is 69.1 cm³/mol. The Labute approximate surface area is 102 Å². The Balaban J connectivity index is 2.47. The van der Waals surface area contributed by atoms with Gasteiger partial charge >= 0.3 is 0 Å². The largest absolute Gasteiger partial charge is 0.385 e. The summed E-state index contributed by atoms with van der Waals surface area (Å²) in [7, 11) is 3.78. The van der Waals surface area contributed by atoms with Gasteiger partial charge in [-0.15, -0.1) is 11.3 Å². The van der Waals surface area contributed by atoms with Crippen LogP contribution in [0.5, 0.6) is 0 Å². The van der Waals surface area contributed by atoms with Crippen molar-refractivity contribution in [1.29, 1.82) is 0 Å². The molecule has 16 heavy (non-hydrogen) atoms. The van der Waals surface area contributed by atoms with Crippen LogP contribution in [0.1, 0.15) is 24.0 Å². The number of thiazole rings is 1. The fourth-order valence-electron chi connectivity index (χ4n) is 1.78. The van der Waals surface area contributed by atoms with E-state index in [1.165, 1.54) is 5.01 Å². The van der Waals surface area contributed by atoms with Gasteiger partial charge in [0.1, 0.15) is 0 Å². The minimum Gasteiger partial charge on any atom is -0.385 e. The maximum atomic E-state index is 5.12. The topological polar surface area (TPSA) is 34.2 Å². The summed E-state index contributed by atoms with van der Waals surface area (Å²) >= 11 is 1.75. The highest BCUT2D eigenvalue weighted by Crippen LogP contribution is 2.16. The first-order valence-electron chi connectivity index (χ1n) is 5.74. The van der Waals surface area contributed by atoms with Gasteiger partial charge in [-0.25, -0.2) is 4.98 Å². The zero-order valence-corrected chi connectivity index (χ0v) is 11.4. The van der Waals surface area contributed by atoms with E-state index in [0.717, 1.165) is 25.1 Å². The van der Waals surface area contributed by atoms with Gasteiger partial charge in [-0.05, 0) is 26.3 Å².